The molecular formula is C18H13BrN4O5. The van der Waals surface area contributed by atoms with Crippen LogP contribution >= 0.6 is 15.9 Å². The standard InChI is InChI=1S/C18H13BrN4O5/c1-10-21-15-7-6-13(19)8-14(15)18(25)22(10)20-9-12-4-3-5-16(23(26)27)17(12)28-11(2)24/h3-9H,1-2H3. The van der Waals surface area contributed by atoms with Crippen LogP contribution < -0.4 is 10.3 Å². The Balaban J connectivity index is 2.15. The highest BCUT2D eigenvalue weighted by atomic mass is 79.9. The number of carbonyl (C=O) groups excluding carboxylic acids is 1. The highest BCUT2D eigenvalue weighted by molar-refractivity contribution is 9.10. The van der Waals surface area contributed by atoms with Crippen LogP contribution in [0.4, 0.5) is 5.69 Å². The average Bonchev–Trinajstić information content (AvgIpc) is 2.62. The van der Waals surface area contributed by atoms with Crippen molar-refractivity contribution in [1.82, 2.24) is 9.66 Å². The molecule has 0 saturated heterocycles. The zero-order chi connectivity index (χ0) is 20.4. The third-order valence-corrected chi connectivity index (χ3v) is 4.24. The molecule has 0 amide bonds. The normalized spacial score (nSPS) is 11.1. The second kappa shape index (κ2) is 7.69. The lowest BCUT2D eigenvalue weighted by Crippen LogP contribution is -2.20. The molecule has 2 aromatic carbocycles. The van der Waals surface area contributed by atoms with Crippen molar-refractivity contribution < 1.29 is 14.5 Å². The Morgan fingerprint density at radius 2 is 2.11 bits per heavy atom. The molecule has 0 aliphatic carbocycles. The van der Waals surface area contributed by atoms with Crippen LogP contribution in [-0.2, 0) is 4.79 Å². The van der Waals surface area contributed by atoms with Gasteiger partial charge in [-0.25, -0.2) is 4.98 Å². The van der Waals surface area contributed by atoms with Crippen LogP contribution in [-0.4, -0.2) is 26.8 Å². The molecule has 0 N–H and O–H groups in total. The lowest BCUT2D eigenvalue weighted by molar-refractivity contribution is -0.385. The fourth-order valence-corrected chi connectivity index (χ4v) is 2.92. The molecule has 0 radical (unpaired) electrons. The van der Waals surface area contributed by atoms with Gasteiger partial charge in [0, 0.05) is 23.0 Å². The maximum atomic E-state index is 12.8. The summed E-state index contributed by atoms with van der Waals surface area (Å²) in [6.07, 6.45) is 1.21. The van der Waals surface area contributed by atoms with Crippen molar-refractivity contribution in [2.24, 2.45) is 5.10 Å². The number of rotatable bonds is 4. The van der Waals surface area contributed by atoms with Crippen LogP contribution in [0.2, 0.25) is 0 Å². The van der Waals surface area contributed by atoms with Gasteiger partial charge in [0.25, 0.3) is 5.56 Å². The van der Waals surface area contributed by atoms with Gasteiger partial charge >= 0.3 is 11.7 Å². The van der Waals surface area contributed by atoms with E-state index in [0.29, 0.717) is 21.2 Å². The van der Waals surface area contributed by atoms with Gasteiger partial charge in [-0.05, 0) is 31.2 Å². The van der Waals surface area contributed by atoms with Gasteiger partial charge in [0.15, 0.2) is 0 Å². The molecule has 1 aromatic heterocycles. The van der Waals surface area contributed by atoms with Crippen molar-refractivity contribution in [1.29, 1.82) is 0 Å². The van der Waals surface area contributed by atoms with Gasteiger partial charge in [0.2, 0.25) is 5.75 Å². The molecule has 1 heterocycles. The van der Waals surface area contributed by atoms with Gasteiger partial charge in [0.05, 0.1) is 22.0 Å². The number of nitrogens with zero attached hydrogens (tertiary/aromatic N) is 4. The van der Waals surface area contributed by atoms with E-state index in [4.69, 9.17) is 4.74 Å². The van der Waals surface area contributed by atoms with Crippen LogP contribution in [0.25, 0.3) is 10.9 Å². The summed E-state index contributed by atoms with van der Waals surface area (Å²) in [6, 6.07) is 9.24. The number of para-hydroxylation sites is 1. The van der Waals surface area contributed by atoms with Crippen LogP contribution in [0.1, 0.15) is 18.3 Å². The third kappa shape index (κ3) is 3.81. The van der Waals surface area contributed by atoms with Gasteiger partial charge in [0.1, 0.15) is 5.82 Å². The second-order valence-corrected chi connectivity index (χ2v) is 6.64. The Morgan fingerprint density at radius 3 is 2.79 bits per heavy atom. The van der Waals surface area contributed by atoms with Crippen LogP contribution in [0, 0.1) is 17.0 Å². The number of hydrogen-bond acceptors (Lipinski definition) is 7. The van der Waals surface area contributed by atoms with E-state index >= 15 is 0 Å². The maximum absolute atomic E-state index is 12.8. The van der Waals surface area contributed by atoms with E-state index in [2.05, 4.69) is 26.0 Å². The summed E-state index contributed by atoms with van der Waals surface area (Å²) in [5, 5.41) is 15.7. The Morgan fingerprint density at radius 1 is 1.36 bits per heavy atom. The first-order chi connectivity index (χ1) is 13.3. The Bertz CT molecular complexity index is 1200. The smallest absolute Gasteiger partial charge is 0.312 e. The summed E-state index contributed by atoms with van der Waals surface area (Å²) < 4.78 is 6.78. The number of halogens is 1. The molecule has 28 heavy (non-hydrogen) atoms. The van der Waals surface area contributed by atoms with E-state index in [1.54, 1.807) is 25.1 Å². The molecule has 3 aromatic rings. The quantitative estimate of drug-likeness (QED) is 0.200. The Kier molecular flexibility index (Phi) is 5.32. The first kappa shape index (κ1) is 19.4. The lowest BCUT2D eigenvalue weighted by atomic mass is 10.2. The maximum Gasteiger partial charge on any atom is 0.312 e. The number of nitro groups is 1. The molecule has 0 aliphatic rings. The average molecular weight is 445 g/mol. The highest BCUT2D eigenvalue weighted by Gasteiger charge is 2.20. The number of fused-ring (bicyclic) bond motifs is 1. The number of nitro benzene ring substituents is 1. The van der Waals surface area contributed by atoms with E-state index in [1.807, 2.05) is 0 Å². The monoisotopic (exact) mass is 444 g/mol. The third-order valence-electron chi connectivity index (χ3n) is 3.75. The van der Waals surface area contributed by atoms with E-state index in [-0.39, 0.29) is 17.0 Å². The predicted octanol–water partition coefficient (Wildman–Crippen LogP) is 3.18. The highest BCUT2D eigenvalue weighted by Crippen LogP contribution is 2.30. The number of hydrogen-bond donors (Lipinski definition) is 0. The van der Waals surface area contributed by atoms with Crippen molar-refractivity contribution in [3.8, 4) is 5.75 Å². The fourth-order valence-electron chi connectivity index (χ4n) is 2.56. The van der Waals surface area contributed by atoms with E-state index in [9.17, 15) is 19.7 Å². The Hall–Kier alpha value is -3.40. The minimum atomic E-state index is -0.713. The molecule has 0 bridgehead atoms. The number of carbonyl (C=O) groups is 1. The lowest BCUT2D eigenvalue weighted by Gasteiger charge is -2.07. The molecule has 0 fully saturated rings. The SMILES string of the molecule is CC(=O)Oc1c(C=Nn2c(C)nc3ccc(Br)cc3c2=O)cccc1[N+](=O)[O-]. The van der Waals surface area contributed by atoms with Crippen molar-refractivity contribution in [3.63, 3.8) is 0 Å². The number of benzene rings is 2. The van der Waals surface area contributed by atoms with Gasteiger partial charge < -0.3 is 4.74 Å². The van der Waals surface area contributed by atoms with Gasteiger partial charge in [-0.2, -0.15) is 9.78 Å². The van der Waals surface area contributed by atoms with Crippen molar-refractivity contribution in [3.05, 3.63) is 72.7 Å². The first-order valence-corrected chi connectivity index (χ1v) is 8.76. The minimum Gasteiger partial charge on any atom is -0.419 e. The summed E-state index contributed by atoms with van der Waals surface area (Å²) in [4.78, 5) is 39.0. The van der Waals surface area contributed by atoms with Crippen LogP contribution in [0.5, 0.6) is 5.75 Å². The number of aromatic nitrogens is 2. The number of ether oxygens (including phenoxy) is 1. The second-order valence-electron chi connectivity index (χ2n) is 5.73. The molecule has 0 atom stereocenters. The summed E-state index contributed by atoms with van der Waals surface area (Å²) >= 11 is 3.31. The zero-order valence-electron chi connectivity index (χ0n) is 14.7. The van der Waals surface area contributed by atoms with Crippen molar-refractivity contribution >= 4 is 44.7 Å². The van der Waals surface area contributed by atoms with E-state index < -0.39 is 16.5 Å². The number of esters is 1. The largest absolute Gasteiger partial charge is 0.419 e. The predicted molar refractivity (Wildman–Crippen MR) is 106 cm³/mol. The minimum absolute atomic E-state index is 0.171. The molecule has 9 nitrogen and oxygen atoms in total. The van der Waals surface area contributed by atoms with Gasteiger partial charge in [-0.15, -0.1) is 0 Å². The Labute approximate surface area is 166 Å². The summed E-state index contributed by atoms with van der Waals surface area (Å²) in [5.41, 5.74) is -0.0959. The van der Waals surface area contributed by atoms with Crippen molar-refractivity contribution in [2.45, 2.75) is 13.8 Å². The van der Waals surface area contributed by atoms with E-state index in [0.717, 1.165) is 11.6 Å². The molecule has 0 saturated carbocycles. The molecule has 10 heteroatoms. The fraction of sp³-hybridized carbons (Fsp3) is 0.111. The molecule has 0 spiro atoms. The number of aryl methyl sites for hydroxylation is 1. The molecule has 3 rings (SSSR count). The molecular weight excluding hydrogens is 432 g/mol. The summed E-state index contributed by atoms with van der Waals surface area (Å²) in [5.74, 6) is -0.629. The van der Waals surface area contributed by atoms with Crippen LogP contribution in [0.3, 0.4) is 0 Å². The zero-order valence-corrected chi connectivity index (χ0v) is 16.3. The summed E-state index contributed by atoms with van der Waals surface area (Å²) in [6.45, 7) is 2.75. The topological polar surface area (TPSA) is 117 Å². The first-order valence-electron chi connectivity index (χ1n) is 7.97. The molecule has 142 valence electrons. The summed E-state index contributed by atoms with van der Waals surface area (Å²) in [7, 11) is 0. The van der Waals surface area contributed by atoms with Gasteiger partial charge in [-0.1, -0.05) is 22.0 Å². The van der Waals surface area contributed by atoms with Crippen molar-refractivity contribution in [2.75, 3.05) is 0 Å². The molecule has 0 aliphatic heterocycles. The van der Waals surface area contributed by atoms with Crippen LogP contribution in [0.15, 0.2) is 50.8 Å². The molecule has 0 unspecified atom stereocenters. The van der Waals surface area contributed by atoms with E-state index in [1.165, 1.54) is 24.4 Å². The van der Waals surface area contributed by atoms with Gasteiger partial charge in [-0.3, -0.25) is 19.7 Å².